The highest BCUT2D eigenvalue weighted by atomic mass is 35.5. The number of aromatic amines is 1. The van der Waals surface area contributed by atoms with Crippen molar-refractivity contribution in [2.45, 2.75) is 18.8 Å². The predicted molar refractivity (Wildman–Crippen MR) is 106 cm³/mol. The zero-order valence-corrected chi connectivity index (χ0v) is 15.9. The smallest absolute Gasteiger partial charge is 0.212 e. The highest BCUT2D eigenvalue weighted by Gasteiger charge is 2.28. The highest BCUT2D eigenvalue weighted by Crippen LogP contribution is 2.42. The summed E-state index contributed by atoms with van der Waals surface area (Å²) in [6, 6.07) is 0. The maximum Gasteiger partial charge on any atom is 0.212 e. The molecular formula is C19H16ClFN6O2. The second-order valence-electron chi connectivity index (χ2n) is 6.92. The third kappa shape index (κ3) is 2.93. The Kier molecular flexibility index (Phi) is 4.40. The molecule has 1 saturated heterocycles. The molecule has 0 bridgehead atoms. The van der Waals surface area contributed by atoms with Gasteiger partial charge in [-0.1, -0.05) is 11.6 Å². The topological polar surface area (TPSA) is 97.2 Å². The van der Waals surface area contributed by atoms with Crippen LogP contribution in [-0.4, -0.2) is 44.2 Å². The van der Waals surface area contributed by atoms with E-state index in [1.807, 2.05) is 0 Å². The Labute approximate surface area is 169 Å². The van der Waals surface area contributed by atoms with Crippen molar-refractivity contribution in [1.29, 1.82) is 0 Å². The molecule has 8 nitrogen and oxygen atoms in total. The van der Waals surface area contributed by atoms with Crippen molar-refractivity contribution in [2.24, 2.45) is 0 Å². The molecule has 0 saturated carbocycles. The van der Waals surface area contributed by atoms with Crippen LogP contribution in [0.2, 0.25) is 5.02 Å². The Hall–Kier alpha value is -3.04. The Morgan fingerprint density at radius 1 is 1.38 bits per heavy atom. The van der Waals surface area contributed by atoms with Gasteiger partial charge in [0.25, 0.3) is 0 Å². The Morgan fingerprint density at radius 3 is 3.07 bits per heavy atom. The first kappa shape index (κ1) is 18.0. The molecule has 1 atom stereocenters. The van der Waals surface area contributed by atoms with Gasteiger partial charge in [-0.15, -0.1) is 0 Å². The molecule has 3 aromatic heterocycles. The lowest BCUT2D eigenvalue weighted by atomic mass is 9.89. The van der Waals surface area contributed by atoms with Crippen molar-refractivity contribution in [1.82, 2.24) is 24.6 Å². The number of H-pyrrole nitrogens is 1. The van der Waals surface area contributed by atoms with Gasteiger partial charge in [0.05, 0.1) is 41.4 Å². The van der Waals surface area contributed by atoms with E-state index in [0.29, 0.717) is 58.8 Å². The maximum atomic E-state index is 15.4. The molecule has 0 aliphatic carbocycles. The van der Waals surface area contributed by atoms with Crippen LogP contribution in [-0.2, 0) is 9.53 Å². The zero-order valence-electron chi connectivity index (χ0n) is 15.2. The quantitative estimate of drug-likeness (QED) is 0.498. The Morgan fingerprint density at radius 2 is 2.28 bits per heavy atom. The SMILES string of the molecule is O=CNc1cn2cc(-c3c(Cl)c(F)c(C4CCCOC4)c4[nH]ncc34)ncc2n1. The van der Waals surface area contributed by atoms with Crippen LogP contribution in [0, 0.1) is 5.82 Å². The monoisotopic (exact) mass is 414 g/mol. The number of aromatic nitrogens is 5. The molecule has 10 heteroatoms. The summed E-state index contributed by atoms with van der Waals surface area (Å²) in [5, 5.41) is 10.2. The summed E-state index contributed by atoms with van der Waals surface area (Å²) < 4.78 is 22.7. The van der Waals surface area contributed by atoms with Gasteiger partial charge in [-0.25, -0.2) is 9.37 Å². The van der Waals surface area contributed by atoms with Crippen molar-refractivity contribution >= 4 is 40.4 Å². The van der Waals surface area contributed by atoms with E-state index >= 15 is 4.39 Å². The summed E-state index contributed by atoms with van der Waals surface area (Å²) >= 11 is 6.51. The predicted octanol–water partition coefficient (Wildman–Crippen LogP) is 3.53. The molecule has 5 rings (SSSR count). The van der Waals surface area contributed by atoms with Crippen molar-refractivity contribution < 1.29 is 13.9 Å². The molecule has 4 heterocycles. The van der Waals surface area contributed by atoms with Gasteiger partial charge in [-0.3, -0.25) is 14.9 Å². The number of ether oxygens (including phenoxy) is 1. The van der Waals surface area contributed by atoms with E-state index in [2.05, 4.69) is 25.5 Å². The van der Waals surface area contributed by atoms with Crippen molar-refractivity contribution in [2.75, 3.05) is 18.5 Å². The van der Waals surface area contributed by atoms with Crippen LogP contribution in [0.3, 0.4) is 0 Å². The third-order valence-electron chi connectivity index (χ3n) is 5.20. The number of fused-ring (bicyclic) bond motifs is 2. The Balaban J connectivity index is 1.69. The van der Waals surface area contributed by atoms with E-state index in [1.54, 1.807) is 23.0 Å². The molecule has 1 amide bonds. The molecule has 4 aromatic rings. The van der Waals surface area contributed by atoms with Crippen LogP contribution in [0.4, 0.5) is 10.2 Å². The number of carbonyl (C=O) groups is 1. The number of anilines is 1. The Bertz CT molecular complexity index is 1230. The average molecular weight is 415 g/mol. The number of amides is 1. The van der Waals surface area contributed by atoms with E-state index in [0.717, 1.165) is 12.8 Å². The van der Waals surface area contributed by atoms with Crippen LogP contribution in [0.15, 0.2) is 24.8 Å². The molecule has 2 N–H and O–H groups in total. The number of carbonyl (C=O) groups excluding carboxylic acids is 1. The molecular weight excluding hydrogens is 399 g/mol. The fourth-order valence-corrected chi connectivity index (χ4v) is 4.20. The molecule has 0 spiro atoms. The van der Waals surface area contributed by atoms with Gasteiger partial charge in [0, 0.05) is 35.2 Å². The van der Waals surface area contributed by atoms with E-state index < -0.39 is 5.82 Å². The summed E-state index contributed by atoms with van der Waals surface area (Å²) in [6.45, 7) is 1.14. The van der Waals surface area contributed by atoms with Crippen LogP contribution in [0.5, 0.6) is 0 Å². The van der Waals surface area contributed by atoms with Gasteiger partial charge < -0.3 is 14.5 Å². The van der Waals surface area contributed by atoms with E-state index in [4.69, 9.17) is 16.3 Å². The number of nitrogens with zero attached hydrogens (tertiary/aromatic N) is 4. The van der Waals surface area contributed by atoms with Crippen LogP contribution in [0.1, 0.15) is 24.3 Å². The maximum absolute atomic E-state index is 15.4. The molecule has 148 valence electrons. The number of hydrogen-bond acceptors (Lipinski definition) is 5. The van der Waals surface area contributed by atoms with Gasteiger partial charge in [0.1, 0.15) is 5.82 Å². The lowest BCUT2D eigenvalue weighted by Crippen LogP contribution is -2.17. The molecule has 0 radical (unpaired) electrons. The fraction of sp³-hybridized carbons (Fsp3) is 0.263. The molecule has 1 aliphatic heterocycles. The minimum absolute atomic E-state index is 0.00215. The minimum atomic E-state index is -0.482. The number of nitrogens with one attached hydrogen (secondary N) is 2. The van der Waals surface area contributed by atoms with Crippen LogP contribution in [0.25, 0.3) is 27.8 Å². The van der Waals surface area contributed by atoms with E-state index in [1.165, 1.54) is 6.20 Å². The first-order valence-corrected chi connectivity index (χ1v) is 9.52. The molecule has 1 aromatic carbocycles. The average Bonchev–Trinajstić information content (AvgIpc) is 3.36. The third-order valence-corrected chi connectivity index (χ3v) is 5.55. The first-order valence-electron chi connectivity index (χ1n) is 9.14. The van der Waals surface area contributed by atoms with Crippen molar-refractivity contribution in [3.05, 3.63) is 41.2 Å². The zero-order chi connectivity index (χ0) is 20.0. The van der Waals surface area contributed by atoms with Gasteiger partial charge in [-0.2, -0.15) is 5.10 Å². The second-order valence-corrected chi connectivity index (χ2v) is 7.29. The molecule has 1 fully saturated rings. The number of halogens is 2. The minimum Gasteiger partial charge on any atom is -0.381 e. The summed E-state index contributed by atoms with van der Waals surface area (Å²) in [5.74, 6) is -0.179. The first-order chi connectivity index (χ1) is 14.2. The highest BCUT2D eigenvalue weighted by molar-refractivity contribution is 6.35. The van der Waals surface area contributed by atoms with Crippen LogP contribution >= 0.6 is 11.6 Å². The van der Waals surface area contributed by atoms with E-state index in [9.17, 15) is 4.79 Å². The largest absolute Gasteiger partial charge is 0.381 e. The standard InChI is InChI=1S/C19H16ClFN6O2/c20-17-16(12-6-27-7-13(23-9-28)25-14(27)5-22-12)11-4-24-26-19(11)15(18(17)21)10-2-1-3-29-8-10/h4-7,9-10H,1-3,8H2,(H,23,28)(H,24,26). The van der Waals surface area contributed by atoms with Gasteiger partial charge >= 0.3 is 0 Å². The van der Waals surface area contributed by atoms with Crippen molar-refractivity contribution in [3.63, 3.8) is 0 Å². The number of hydrogen-bond donors (Lipinski definition) is 2. The lowest BCUT2D eigenvalue weighted by molar-refractivity contribution is -0.105. The summed E-state index contributed by atoms with van der Waals surface area (Å²) in [6.07, 6.45) is 8.73. The number of benzene rings is 1. The fourth-order valence-electron chi connectivity index (χ4n) is 3.90. The summed E-state index contributed by atoms with van der Waals surface area (Å²) in [5.41, 5.74) is 2.57. The summed E-state index contributed by atoms with van der Waals surface area (Å²) in [4.78, 5) is 19.3. The molecule has 29 heavy (non-hydrogen) atoms. The molecule has 1 unspecified atom stereocenters. The summed E-state index contributed by atoms with van der Waals surface area (Å²) in [7, 11) is 0. The number of imidazole rings is 1. The van der Waals surface area contributed by atoms with E-state index in [-0.39, 0.29) is 10.9 Å². The van der Waals surface area contributed by atoms with Crippen LogP contribution < -0.4 is 5.32 Å². The van der Waals surface area contributed by atoms with Gasteiger partial charge in [-0.05, 0) is 12.8 Å². The van der Waals surface area contributed by atoms with Crippen molar-refractivity contribution in [3.8, 4) is 11.3 Å². The van der Waals surface area contributed by atoms with Gasteiger partial charge in [0.15, 0.2) is 11.5 Å². The normalized spacial score (nSPS) is 17.1. The van der Waals surface area contributed by atoms with Gasteiger partial charge in [0.2, 0.25) is 6.41 Å². The molecule has 1 aliphatic rings. The lowest BCUT2D eigenvalue weighted by Gasteiger charge is -2.24. The second kappa shape index (κ2) is 7.09. The number of rotatable bonds is 4.